The van der Waals surface area contributed by atoms with Crippen molar-refractivity contribution >= 4 is 30.6 Å². The maximum atomic E-state index is 13.4. The minimum Gasteiger partial charge on any atom is -0.493 e. The second-order valence-corrected chi connectivity index (χ2v) is 10.7. The average Bonchev–Trinajstić information content (AvgIpc) is 2.74. The highest BCUT2D eigenvalue weighted by Gasteiger charge is 2.28. The zero-order valence-corrected chi connectivity index (χ0v) is 17.8. The molecule has 8 nitrogen and oxygen atoms in total. The molecule has 0 bridgehead atoms. The van der Waals surface area contributed by atoms with Crippen molar-refractivity contribution in [2.24, 2.45) is 5.73 Å². The Morgan fingerprint density at radius 1 is 0.900 bits per heavy atom. The van der Waals surface area contributed by atoms with Crippen LogP contribution in [0.2, 0.25) is 0 Å². The van der Waals surface area contributed by atoms with Crippen molar-refractivity contribution in [3.8, 4) is 5.88 Å². The summed E-state index contributed by atoms with van der Waals surface area (Å²) >= 11 is 0. The number of sulfone groups is 1. The monoisotopic (exact) mass is 449 g/mol. The summed E-state index contributed by atoms with van der Waals surface area (Å²) in [6.07, 6.45) is 1.70. The molecule has 0 aliphatic rings. The number of hydrogen-bond acceptors (Lipinski definition) is 7. The highest BCUT2D eigenvalue weighted by Crippen LogP contribution is 2.29. The Kier molecular flexibility index (Phi) is 6.71. The molecule has 2 aromatic carbocycles. The fourth-order valence-electron chi connectivity index (χ4n) is 3.11. The number of nitrogens with two attached hydrogens (primary N) is 1. The van der Waals surface area contributed by atoms with Gasteiger partial charge in [-0.15, -0.1) is 0 Å². The fourth-order valence-corrected chi connectivity index (χ4v) is 6.18. The van der Waals surface area contributed by atoms with E-state index in [9.17, 15) is 21.9 Å². The van der Waals surface area contributed by atoms with E-state index in [2.05, 4.69) is 4.98 Å². The Morgan fingerprint density at radius 2 is 1.63 bits per heavy atom. The van der Waals surface area contributed by atoms with Crippen LogP contribution in [-0.4, -0.2) is 56.6 Å². The van der Waals surface area contributed by atoms with Crippen LogP contribution in [0.5, 0.6) is 5.88 Å². The van der Waals surface area contributed by atoms with Gasteiger partial charge in [-0.2, -0.15) is 4.31 Å². The number of aromatic hydroxyl groups is 1. The third kappa shape index (κ3) is 4.62. The third-order valence-electron chi connectivity index (χ3n) is 4.69. The lowest BCUT2D eigenvalue weighted by Gasteiger charge is -2.23. The van der Waals surface area contributed by atoms with E-state index in [0.717, 1.165) is 4.31 Å². The van der Waals surface area contributed by atoms with Gasteiger partial charge in [0.05, 0.1) is 15.5 Å². The molecule has 3 rings (SSSR count). The molecule has 0 spiro atoms. The summed E-state index contributed by atoms with van der Waals surface area (Å²) in [6, 6.07) is 13.9. The van der Waals surface area contributed by atoms with Crippen molar-refractivity contribution in [2.45, 2.75) is 16.2 Å². The van der Waals surface area contributed by atoms with Gasteiger partial charge < -0.3 is 10.8 Å². The zero-order chi connectivity index (χ0) is 21.8. The Morgan fingerprint density at radius 3 is 2.33 bits per heavy atom. The van der Waals surface area contributed by atoms with Gasteiger partial charge in [0.15, 0.2) is 9.84 Å². The van der Waals surface area contributed by atoms with Gasteiger partial charge in [0.1, 0.15) is 0 Å². The van der Waals surface area contributed by atoms with Crippen LogP contribution in [0, 0.1) is 0 Å². The van der Waals surface area contributed by atoms with Crippen molar-refractivity contribution in [1.82, 2.24) is 9.29 Å². The van der Waals surface area contributed by atoms with E-state index in [4.69, 9.17) is 5.73 Å². The number of rotatable bonds is 9. The first-order valence-electron chi connectivity index (χ1n) is 9.32. The van der Waals surface area contributed by atoms with Crippen molar-refractivity contribution < 1.29 is 21.9 Å². The largest absolute Gasteiger partial charge is 0.493 e. The highest BCUT2D eigenvalue weighted by atomic mass is 32.2. The summed E-state index contributed by atoms with van der Waals surface area (Å²) < 4.78 is 53.2. The van der Waals surface area contributed by atoms with E-state index < -0.39 is 19.9 Å². The Labute approximate surface area is 175 Å². The molecule has 0 radical (unpaired) electrons. The predicted octanol–water partition coefficient (Wildman–Crippen LogP) is 1.75. The summed E-state index contributed by atoms with van der Waals surface area (Å²) in [5.41, 5.74) is 5.56. The molecule has 10 heteroatoms. The van der Waals surface area contributed by atoms with Crippen LogP contribution in [0.15, 0.2) is 70.6 Å². The van der Waals surface area contributed by atoms with E-state index in [1.165, 1.54) is 36.5 Å². The minimum absolute atomic E-state index is 0.0215. The van der Waals surface area contributed by atoms with Gasteiger partial charge in [-0.3, -0.25) is 0 Å². The molecule has 1 aromatic heterocycles. The number of aromatic nitrogens is 1. The molecule has 0 saturated heterocycles. The molecule has 0 aliphatic carbocycles. The summed E-state index contributed by atoms with van der Waals surface area (Å²) in [7, 11) is -7.71. The molecule has 0 saturated carbocycles. The van der Waals surface area contributed by atoms with E-state index >= 15 is 0 Å². The summed E-state index contributed by atoms with van der Waals surface area (Å²) in [5, 5.41) is 10.6. The van der Waals surface area contributed by atoms with Crippen molar-refractivity contribution in [1.29, 1.82) is 0 Å². The zero-order valence-electron chi connectivity index (χ0n) is 16.2. The van der Waals surface area contributed by atoms with Crippen LogP contribution in [0.25, 0.3) is 10.8 Å². The SMILES string of the molecule is NCCCN(CCS(=O)(=O)c1ccccc1)S(=O)(=O)c1cccc2c(O)nccc12. The molecular weight excluding hydrogens is 426 g/mol. The van der Waals surface area contributed by atoms with Gasteiger partial charge in [-0.05, 0) is 43.3 Å². The van der Waals surface area contributed by atoms with Crippen LogP contribution in [0.3, 0.4) is 0 Å². The summed E-state index contributed by atoms with van der Waals surface area (Å²) in [6.45, 7) is 0.126. The fraction of sp³-hybridized carbons (Fsp3) is 0.250. The maximum absolute atomic E-state index is 13.4. The molecule has 30 heavy (non-hydrogen) atoms. The van der Waals surface area contributed by atoms with Crippen molar-refractivity contribution in [3.05, 3.63) is 60.8 Å². The first-order chi connectivity index (χ1) is 14.3. The normalized spacial score (nSPS) is 12.5. The van der Waals surface area contributed by atoms with Crippen molar-refractivity contribution in [3.63, 3.8) is 0 Å². The second kappa shape index (κ2) is 9.09. The van der Waals surface area contributed by atoms with E-state index in [-0.39, 0.29) is 41.1 Å². The first-order valence-corrected chi connectivity index (χ1v) is 12.4. The molecule has 3 aromatic rings. The lowest BCUT2D eigenvalue weighted by Crippen LogP contribution is -2.36. The maximum Gasteiger partial charge on any atom is 0.243 e. The van der Waals surface area contributed by atoms with Crippen LogP contribution >= 0.6 is 0 Å². The van der Waals surface area contributed by atoms with E-state index in [1.54, 1.807) is 24.3 Å². The van der Waals surface area contributed by atoms with Gasteiger partial charge in [0.2, 0.25) is 15.9 Å². The average molecular weight is 450 g/mol. The quantitative estimate of drug-likeness (QED) is 0.509. The molecule has 0 amide bonds. The Balaban J connectivity index is 1.96. The summed E-state index contributed by atoms with van der Waals surface area (Å²) in [5.74, 6) is -0.636. The number of benzene rings is 2. The summed E-state index contributed by atoms with van der Waals surface area (Å²) in [4.78, 5) is 3.90. The molecule has 0 atom stereocenters. The van der Waals surface area contributed by atoms with Crippen LogP contribution in [0.1, 0.15) is 6.42 Å². The molecule has 0 fully saturated rings. The Hall–Kier alpha value is -2.53. The van der Waals surface area contributed by atoms with Crippen LogP contribution < -0.4 is 5.73 Å². The molecule has 3 N–H and O–H groups in total. The van der Waals surface area contributed by atoms with Gasteiger partial charge in [-0.25, -0.2) is 21.8 Å². The van der Waals surface area contributed by atoms with Gasteiger partial charge in [0, 0.05) is 30.1 Å². The van der Waals surface area contributed by atoms with Gasteiger partial charge in [0.25, 0.3) is 0 Å². The smallest absolute Gasteiger partial charge is 0.243 e. The number of nitrogens with zero attached hydrogens (tertiary/aromatic N) is 2. The number of fused-ring (bicyclic) bond motifs is 1. The lowest BCUT2D eigenvalue weighted by molar-refractivity contribution is 0.423. The molecule has 0 aliphatic heterocycles. The number of hydrogen-bond donors (Lipinski definition) is 2. The highest BCUT2D eigenvalue weighted by molar-refractivity contribution is 7.91. The predicted molar refractivity (Wildman–Crippen MR) is 114 cm³/mol. The molecular formula is C20H23N3O5S2. The van der Waals surface area contributed by atoms with E-state index in [0.29, 0.717) is 17.2 Å². The first kappa shape index (κ1) is 22.2. The van der Waals surface area contributed by atoms with E-state index in [1.807, 2.05) is 0 Å². The minimum atomic E-state index is -4.05. The Bertz CT molecular complexity index is 1230. The van der Waals surface area contributed by atoms with Gasteiger partial charge >= 0.3 is 0 Å². The second-order valence-electron chi connectivity index (χ2n) is 6.66. The molecule has 160 valence electrons. The van der Waals surface area contributed by atoms with Crippen molar-refractivity contribution in [2.75, 3.05) is 25.4 Å². The molecule has 0 unspecified atom stereocenters. The molecule has 1 heterocycles. The lowest BCUT2D eigenvalue weighted by atomic mass is 10.2. The topological polar surface area (TPSA) is 131 Å². The van der Waals surface area contributed by atoms with Crippen LogP contribution in [-0.2, 0) is 19.9 Å². The number of pyridine rings is 1. The van der Waals surface area contributed by atoms with Gasteiger partial charge in [-0.1, -0.05) is 24.3 Å². The standard InChI is InChI=1S/C20H23N3O5S2/c21-11-5-13-23(14-15-29(25,26)16-6-2-1-3-7-16)30(27,28)19-9-4-8-18-17(19)10-12-22-20(18)24/h1-4,6-10,12H,5,11,13-15,21H2,(H,22,24). The van der Waals surface area contributed by atoms with Crippen LogP contribution in [0.4, 0.5) is 0 Å². The third-order valence-corrected chi connectivity index (χ3v) is 8.35. The number of sulfonamides is 1.